The van der Waals surface area contributed by atoms with Gasteiger partial charge in [-0.05, 0) is 37.5 Å². The molecular formula is C14H17F3N2O. The van der Waals surface area contributed by atoms with Crippen molar-refractivity contribution >= 4 is 11.6 Å². The van der Waals surface area contributed by atoms with Crippen LogP contribution in [0.25, 0.3) is 0 Å². The largest absolute Gasteiger partial charge is 0.416 e. The average molecular weight is 286 g/mol. The summed E-state index contributed by atoms with van der Waals surface area (Å²) in [7, 11) is 0. The second-order valence-electron chi connectivity index (χ2n) is 5.07. The predicted octanol–water partition coefficient (Wildman–Crippen LogP) is 3.09. The number of rotatable bonds is 2. The third-order valence-electron chi connectivity index (χ3n) is 3.41. The van der Waals surface area contributed by atoms with Gasteiger partial charge in [0.2, 0.25) is 5.91 Å². The summed E-state index contributed by atoms with van der Waals surface area (Å²) >= 11 is 0. The molecule has 0 aromatic heterocycles. The van der Waals surface area contributed by atoms with E-state index in [1.54, 1.807) is 6.92 Å². The molecule has 0 saturated carbocycles. The molecule has 0 aliphatic carbocycles. The highest BCUT2D eigenvalue weighted by Crippen LogP contribution is 2.32. The highest BCUT2D eigenvalue weighted by atomic mass is 19.4. The van der Waals surface area contributed by atoms with Crippen molar-refractivity contribution in [2.24, 2.45) is 0 Å². The van der Waals surface area contributed by atoms with E-state index in [1.165, 1.54) is 6.07 Å². The number of aryl methyl sites for hydroxylation is 1. The summed E-state index contributed by atoms with van der Waals surface area (Å²) in [6.45, 7) is 2.37. The fourth-order valence-corrected chi connectivity index (χ4v) is 2.27. The number of anilines is 1. The first kappa shape index (κ1) is 14.7. The molecule has 1 aromatic carbocycles. The minimum absolute atomic E-state index is 0.0652. The van der Waals surface area contributed by atoms with Crippen molar-refractivity contribution in [3.63, 3.8) is 0 Å². The van der Waals surface area contributed by atoms with E-state index in [2.05, 4.69) is 10.6 Å². The number of carbonyl (C=O) groups excluding carboxylic acids is 1. The quantitative estimate of drug-likeness (QED) is 0.877. The van der Waals surface area contributed by atoms with Crippen LogP contribution in [0.15, 0.2) is 18.2 Å². The van der Waals surface area contributed by atoms with Crippen LogP contribution in [0.4, 0.5) is 18.9 Å². The van der Waals surface area contributed by atoms with Crippen LogP contribution >= 0.6 is 0 Å². The van der Waals surface area contributed by atoms with Crippen molar-refractivity contribution in [2.45, 2.75) is 38.4 Å². The zero-order valence-corrected chi connectivity index (χ0v) is 11.2. The highest BCUT2D eigenvalue weighted by Gasteiger charge is 2.31. The molecule has 2 rings (SSSR count). The lowest BCUT2D eigenvalue weighted by atomic mass is 10.1. The topological polar surface area (TPSA) is 41.1 Å². The molecule has 1 aliphatic heterocycles. The van der Waals surface area contributed by atoms with Gasteiger partial charge in [-0.3, -0.25) is 4.79 Å². The zero-order chi connectivity index (χ0) is 14.8. The molecule has 2 N–H and O–H groups in total. The lowest BCUT2D eigenvalue weighted by molar-refractivity contribution is -0.137. The molecule has 0 radical (unpaired) electrons. The van der Waals surface area contributed by atoms with E-state index < -0.39 is 11.7 Å². The van der Waals surface area contributed by atoms with Gasteiger partial charge in [-0.25, -0.2) is 0 Å². The van der Waals surface area contributed by atoms with Crippen molar-refractivity contribution in [1.29, 1.82) is 0 Å². The first-order valence-corrected chi connectivity index (χ1v) is 6.57. The molecule has 1 atom stereocenters. The molecule has 1 unspecified atom stereocenters. The van der Waals surface area contributed by atoms with Gasteiger partial charge in [0.1, 0.15) is 0 Å². The van der Waals surface area contributed by atoms with E-state index >= 15 is 0 Å². The van der Waals surface area contributed by atoms with Gasteiger partial charge in [0.25, 0.3) is 0 Å². The minimum Gasteiger partial charge on any atom is -0.382 e. The molecule has 1 heterocycles. The Morgan fingerprint density at radius 1 is 1.35 bits per heavy atom. The van der Waals surface area contributed by atoms with Crippen molar-refractivity contribution in [3.05, 3.63) is 29.3 Å². The van der Waals surface area contributed by atoms with E-state index in [9.17, 15) is 18.0 Å². The third kappa shape index (κ3) is 3.65. The van der Waals surface area contributed by atoms with Crippen LogP contribution in [0.3, 0.4) is 0 Å². The summed E-state index contributed by atoms with van der Waals surface area (Å²) in [4.78, 5) is 11.5. The normalized spacial score (nSPS) is 20.2. The second kappa shape index (κ2) is 5.73. The summed E-state index contributed by atoms with van der Waals surface area (Å²) in [6.07, 6.45) is -2.49. The van der Waals surface area contributed by atoms with Crippen molar-refractivity contribution < 1.29 is 18.0 Å². The Morgan fingerprint density at radius 3 is 2.80 bits per heavy atom. The number of hydrogen-bond donors (Lipinski definition) is 2. The smallest absolute Gasteiger partial charge is 0.382 e. The lowest BCUT2D eigenvalue weighted by Crippen LogP contribution is -2.27. The van der Waals surface area contributed by atoms with Gasteiger partial charge >= 0.3 is 6.18 Å². The lowest BCUT2D eigenvalue weighted by Gasteiger charge is -2.19. The number of carbonyl (C=O) groups is 1. The first-order valence-electron chi connectivity index (χ1n) is 6.57. The van der Waals surface area contributed by atoms with Crippen LogP contribution in [-0.2, 0) is 11.0 Å². The molecule has 1 aliphatic rings. The van der Waals surface area contributed by atoms with Gasteiger partial charge in [-0.15, -0.1) is 0 Å². The van der Waals surface area contributed by atoms with Gasteiger partial charge < -0.3 is 10.6 Å². The van der Waals surface area contributed by atoms with Crippen LogP contribution < -0.4 is 10.6 Å². The number of alkyl halides is 3. The fraction of sp³-hybridized carbons (Fsp3) is 0.500. The van der Waals surface area contributed by atoms with E-state index in [4.69, 9.17) is 0 Å². The summed E-state index contributed by atoms with van der Waals surface area (Å²) < 4.78 is 38.1. The van der Waals surface area contributed by atoms with E-state index in [-0.39, 0.29) is 18.4 Å². The Hall–Kier alpha value is -1.72. The summed E-state index contributed by atoms with van der Waals surface area (Å²) in [5, 5.41) is 5.82. The molecule has 1 fully saturated rings. The standard InChI is InChI=1S/C14H17F3N2O/c1-9-4-5-10(14(15,16)17)7-12(9)19-11-3-2-6-18-13(20)8-11/h4-5,7,11,19H,2-3,6,8H2,1H3,(H,18,20). The fourth-order valence-electron chi connectivity index (χ4n) is 2.27. The Labute approximate surface area is 115 Å². The monoisotopic (exact) mass is 286 g/mol. The van der Waals surface area contributed by atoms with Crippen molar-refractivity contribution in [1.82, 2.24) is 5.32 Å². The highest BCUT2D eigenvalue weighted by molar-refractivity contribution is 5.77. The SMILES string of the molecule is Cc1ccc(C(F)(F)F)cc1NC1CCCNC(=O)C1. The molecule has 1 aromatic rings. The third-order valence-corrected chi connectivity index (χ3v) is 3.41. The summed E-state index contributed by atoms with van der Waals surface area (Å²) in [5.41, 5.74) is 0.505. The van der Waals surface area contributed by atoms with Gasteiger partial charge in [0, 0.05) is 24.7 Å². The molecular weight excluding hydrogens is 269 g/mol. The molecule has 6 heteroatoms. The van der Waals surface area contributed by atoms with E-state index in [1.807, 2.05) is 0 Å². The molecule has 3 nitrogen and oxygen atoms in total. The van der Waals surface area contributed by atoms with Crippen LogP contribution in [0.1, 0.15) is 30.4 Å². The number of amides is 1. The van der Waals surface area contributed by atoms with Gasteiger partial charge in [-0.2, -0.15) is 13.2 Å². The van der Waals surface area contributed by atoms with Crippen LogP contribution in [0.5, 0.6) is 0 Å². The number of benzene rings is 1. The van der Waals surface area contributed by atoms with Crippen LogP contribution in [0.2, 0.25) is 0 Å². The Bertz CT molecular complexity index is 500. The number of nitrogens with one attached hydrogen (secondary N) is 2. The van der Waals surface area contributed by atoms with Crippen LogP contribution in [-0.4, -0.2) is 18.5 Å². The van der Waals surface area contributed by atoms with Crippen molar-refractivity contribution in [2.75, 3.05) is 11.9 Å². The molecule has 1 amide bonds. The molecule has 0 bridgehead atoms. The number of hydrogen-bond acceptors (Lipinski definition) is 2. The van der Waals surface area contributed by atoms with E-state index in [0.717, 1.165) is 30.5 Å². The maximum Gasteiger partial charge on any atom is 0.416 e. The van der Waals surface area contributed by atoms with Gasteiger partial charge in [0.05, 0.1) is 5.56 Å². The maximum atomic E-state index is 12.7. The summed E-state index contributed by atoms with van der Waals surface area (Å²) in [6, 6.07) is 3.50. The average Bonchev–Trinajstić information content (AvgIpc) is 2.55. The Kier molecular flexibility index (Phi) is 4.20. The Morgan fingerprint density at radius 2 is 2.10 bits per heavy atom. The Balaban J connectivity index is 2.17. The molecule has 20 heavy (non-hydrogen) atoms. The molecule has 110 valence electrons. The van der Waals surface area contributed by atoms with Gasteiger partial charge in [-0.1, -0.05) is 6.07 Å². The summed E-state index contributed by atoms with van der Waals surface area (Å²) in [5.74, 6) is -0.0652. The van der Waals surface area contributed by atoms with Crippen molar-refractivity contribution in [3.8, 4) is 0 Å². The second-order valence-corrected chi connectivity index (χ2v) is 5.07. The zero-order valence-electron chi connectivity index (χ0n) is 11.2. The minimum atomic E-state index is -4.36. The predicted molar refractivity (Wildman–Crippen MR) is 70.5 cm³/mol. The molecule has 0 spiro atoms. The number of halogens is 3. The van der Waals surface area contributed by atoms with Gasteiger partial charge in [0.15, 0.2) is 0 Å². The maximum absolute atomic E-state index is 12.7. The van der Waals surface area contributed by atoms with Crippen LogP contribution in [0, 0.1) is 6.92 Å². The van der Waals surface area contributed by atoms with E-state index in [0.29, 0.717) is 12.2 Å². The molecule has 1 saturated heterocycles. The first-order chi connectivity index (χ1) is 9.36.